The Morgan fingerprint density at radius 2 is 1.58 bits per heavy atom. The number of benzene rings is 4. The first-order valence-corrected chi connectivity index (χ1v) is 29.6. The molecule has 1 aliphatic carbocycles. The van der Waals surface area contributed by atoms with Crippen molar-refractivity contribution < 1.29 is 34.8 Å². The second-order valence-corrected chi connectivity index (χ2v) is 28.4. The molecular formula is C49H62ClF3N5O5PS3. The molecule has 67 heavy (non-hydrogen) atoms. The van der Waals surface area contributed by atoms with E-state index in [1.54, 1.807) is 12.1 Å². The molecule has 2 aliphatic rings. The predicted octanol–water partition coefficient (Wildman–Crippen LogP) is 10.1. The molecule has 10 nitrogen and oxygen atoms in total. The molecule has 6 rings (SSSR count). The Morgan fingerprint density at radius 3 is 2.21 bits per heavy atom. The van der Waals surface area contributed by atoms with Crippen molar-refractivity contribution in [2.24, 2.45) is 5.41 Å². The Balaban J connectivity index is 1.13. The summed E-state index contributed by atoms with van der Waals surface area (Å²) in [4.78, 5) is 19.0. The van der Waals surface area contributed by atoms with E-state index >= 15 is 0 Å². The van der Waals surface area contributed by atoms with Crippen LogP contribution in [0, 0.1) is 5.41 Å². The first kappa shape index (κ1) is 52.6. The Labute approximate surface area is 404 Å². The Hall–Kier alpha value is -3.76. The summed E-state index contributed by atoms with van der Waals surface area (Å²) < 4.78 is 98.1. The van der Waals surface area contributed by atoms with Gasteiger partial charge in [-0.3, -0.25) is 9.69 Å². The molecule has 1 aliphatic heterocycles. The third kappa shape index (κ3) is 14.6. The number of carbonyl (C=O) groups is 1. The molecule has 1 atom stereocenters. The lowest BCUT2D eigenvalue weighted by Gasteiger charge is -2.39. The molecule has 18 heteroatoms. The number of thioether (sulfide) groups is 1. The van der Waals surface area contributed by atoms with Gasteiger partial charge in [-0.15, -0.1) is 24.9 Å². The lowest BCUT2D eigenvalue weighted by Crippen LogP contribution is -2.47. The number of amides is 1. The van der Waals surface area contributed by atoms with Crippen molar-refractivity contribution in [3.05, 3.63) is 119 Å². The van der Waals surface area contributed by atoms with Crippen molar-refractivity contribution in [3.63, 3.8) is 0 Å². The highest BCUT2D eigenvalue weighted by Gasteiger charge is 2.48. The SMILES string of the molecule is C=P(C)(C)CCN(C)CC[C@H](CSc1ccccc1)Nc1ccc(S(=O)(=O)NC(=O)c2ccc(N3CCN(CC4=C(c5ccc(Cl)cc5)CCC(C)(C)C4)CC3)cc2)cc1S(=O)(=O)C(F)(F)F. The van der Waals surface area contributed by atoms with Crippen molar-refractivity contribution in [1.82, 2.24) is 14.5 Å². The van der Waals surface area contributed by atoms with Crippen molar-refractivity contribution in [2.75, 3.05) is 88.3 Å². The highest BCUT2D eigenvalue weighted by molar-refractivity contribution is 7.99. The average Bonchev–Trinajstić information content (AvgIpc) is 3.26. The smallest absolute Gasteiger partial charge is 0.380 e. The number of rotatable bonds is 19. The second kappa shape index (κ2) is 21.9. The fraction of sp³-hybridized carbons (Fsp3) is 0.429. The minimum Gasteiger partial charge on any atom is -0.380 e. The lowest BCUT2D eigenvalue weighted by molar-refractivity contribution is -0.0435. The number of nitrogens with one attached hydrogen (secondary N) is 2. The van der Waals surface area contributed by atoms with Crippen molar-refractivity contribution in [3.8, 4) is 0 Å². The minimum absolute atomic E-state index is 0.00155. The van der Waals surface area contributed by atoms with Crippen molar-refractivity contribution >= 4 is 79.3 Å². The summed E-state index contributed by atoms with van der Waals surface area (Å²) in [6.07, 6.45) is 8.76. The second-order valence-electron chi connectivity index (χ2n) is 19.0. The zero-order valence-electron chi connectivity index (χ0n) is 38.8. The van der Waals surface area contributed by atoms with Crippen LogP contribution in [0.3, 0.4) is 0 Å². The molecule has 0 aromatic heterocycles. The summed E-state index contributed by atoms with van der Waals surface area (Å²) in [5.41, 5.74) is -1.02. The number of anilines is 2. The van der Waals surface area contributed by atoms with Crippen LogP contribution in [0.4, 0.5) is 24.5 Å². The first-order chi connectivity index (χ1) is 31.4. The molecule has 4 aromatic carbocycles. The fourth-order valence-corrected chi connectivity index (χ4v) is 12.3. The molecule has 4 aromatic rings. The zero-order valence-corrected chi connectivity index (χ0v) is 42.9. The van der Waals surface area contributed by atoms with Crippen molar-refractivity contribution in [1.29, 1.82) is 0 Å². The Kier molecular flexibility index (Phi) is 17.2. The lowest BCUT2D eigenvalue weighted by atomic mass is 9.73. The number of alkyl halides is 3. The molecule has 0 bridgehead atoms. The van der Waals surface area contributed by atoms with Gasteiger partial charge < -0.3 is 15.1 Å². The highest BCUT2D eigenvalue weighted by atomic mass is 35.5. The molecule has 1 amide bonds. The molecule has 0 unspecified atom stereocenters. The maximum Gasteiger partial charge on any atom is 0.501 e. The maximum absolute atomic E-state index is 14.2. The number of hydrogen-bond acceptors (Lipinski definition) is 10. The first-order valence-electron chi connectivity index (χ1n) is 22.3. The van der Waals surface area contributed by atoms with Gasteiger partial charge in [-0.1, -0.05) is 61.4 Å². The maximum atomic E-state index is 14.2. The van der Waals surface area contributed by atoms with Gasteiger partial charge in [-0.05, 0) is 142 Å². The van der Waals surface area contributed by atoms with Gasteiger partial charge in [-0.2, -0.15) is 13.2 Å². The highest BCUT2D eigenvalue weighted by Crippen LogP contribution is 2.43. The number of sulfonamides is 1. The van der Waals surface area contributed by atoms with Crippen LogP contribution in [0.1, 0.15) is 55.5 Å². The molecule has 364 valence electrons. The third-order valence-corrected chi connectivity index (χ3v) is 17.9. The Morgan fingerprint density at radius 1 is 0.925 bits per heavy atom. The van der Waals surface area contributed by atoms with E-state index in [-0.39, 0.29) is 11.0 Å². The van der Waals surface area contributed by atoms with E-state index in [2.05, 4.69) is 65.6 Å². The van der Waals surface area contributed by atoms with Crippen LogP contribution in [0.25, 0.3) is 5.57 Å². The minimum atomic E-state index is -6.06. The van der Waals surface area contributed by atoms with Gasteiger partial charge in [0.1, 0.15) is 4.90 Å². The van der Waals surface area contributed by atoms with Crippen LogP contribution >= 0.6 is 30.2 Å². The predicted molar refractivity (Wildman–Crippen MR) is 273 cm³/mol. The largest absolute Gasteiger partial charge is 0.501 e. The fourth-order valence-electron chi connectivity index (χ4n) is 8.26. The summed E-state index contributed by atoms with van der Waals surface area (Å²) in [5.74, 6) is -0.656. The van der Waals surface area contributed by atoms with E-state index in [4.69, 9.17) is 11.6 Å². The number of sulfone groups is 1. The number of allylic oxidation sites excluding steroid dienone is 1. The molecular weight excluding hydrogens is 958 g/mol. The Bertz CT molecular complexity index is 2660. The van der Waals surface area contributed by atoms with Gasteiger partial charge in [0.25, 0.3) is 25.8 Å². The molecule has 1 fully saturated rings. The van der Waals surface area contributed by atoms with E-state index in [9.17, 15) is 34.8 Å². The summed E-state index contributed by atoms with van der Waals surface area (Å²) >= 11 is 7.64. The summed E-state index contributed by atoms with van der Waals surface area (Å²) in [5, 5.41) is 3.72. The van der Waals surface area contributed by atoms with Crippen LogP contribution in [0.5, 0.6) is 0 Å². The summed E-state index contributed by atoms with van der Waals surface area (Å²) in [6.45, 7) is 12.9. The molecule has 0 radical (unpaired) electrons. The van der Waals surface area contributed by atoms with Crippen molar-refractivity contribution in [2.45, 2.75) is 65.8 Å². The van der Waals surface area contributed by atoms with E-state index in [0.717, 1.165) is 87.4 Å². The van der Waals surface area contributed by atoms with Gasteiger partial charge in [0.2, 0.25) is 0 Å². The molecule has 0 spiro atoms. The van der Waals surface area contributed by atoms with Gasteiger partial charge in [0, 0.05) is 72.2 Å². The molecule has 0 saturated carbocycles. The van der Waals surface area contributed by atoms with Gasteiger partial charge in [0.05, 0.1) is 10.6 Å². The van der Waals surface area contributed by atoms with Crippen LogP contribution < -0.4 is 14.9 Å². The normalized spacial score (nSPS) is 16.8. The van der Waals surface area contributed by atoms with E-state index < -0.39 is 59.7 Å². The number of hydrogen-bond donors (Lipinski definition) is 2. The monoisotopic (exact) mass is 1020 g/mol. The topological polar surface area (TPSA) is 119 Å². The van der Waals surface area contributed by atoms with E-state index in [1.165, 1.54) is 40.6 Å². The third-order valence-electron chi connectivity index (χ3n) is 12.2. The van der Waals surface area contributed by atoms with Crippen LogP contribution in [-0.4, -0.2) is 128 Å². The quantitative estimate of drug-likeness (QED) is 0.0694. The average molecular weight is 1020 g/mol. The number of halogens is 4. The summed E-state index contributed by atoms with van der Waals surface area (Å²) in [7, 11) is -8.96. The van der Waals surface area contributed by atoms with Gasteiger partial charge in [-0.25, -0.2) is 21.6 Å². The zero-order chi connectivity index (χ0) is 48.8. The standard InChI is InChI=1S/C49H62ClF3N5O5PS3/c1-48(2)24-22-44(36-12-16-39(50)17-13-36)38(33-48)34-57-26-28-58(29-27-57)41-18-14-37(15-19-41)47(59)55-67(62,63)43-20-21-45(46(32-43)66(60,61)49(51,52)53)54-40(35-65-42-10-8-7-9-11-42)23-25-56(3)30-31-64(4,5)6/h7-21,32,40,54H,4,22-31,33-35H2,1-3,5-6H3,(H,55,59)/t40-/m1/s1. The van der Waals surface area contributed by atoms with Gasteiger partial charge >= 0.3 is 5.51 Å². The van der Waals surface area contributed by atoms with Crippen LogP contribution in [0.15, 0.2) is 117 Å². The van der Waals surface area contributed by atoms with Crippen LogP contribution in [0.2, 0.25) is 5.02 Å². The number of carbonyl (C=O) groups excluding carboxylic acids is 1. The van der Waals surface area contributed by atoms with Crippen LogP contribution in [-0.2, 0) is 19.9 Å². The number of nitrogens with zero attached hydrogens (tertiary/aromatic N) is 3. The molecule has 1 heterocycles. The van der Waals surface area contributed by atoms with E-state index in [1.807, 2.05) is 54.2 Å². The number of piperazine rings is 1. The van der Waals surface area contributed by atoms with E-state index in [0.29, 0.717) is 29.8 Å². The summed E-state index contributed by atoms with van der Waals surface area (Å²) in [6, 6.07) is 25.8. The van der Waals surface area contributed by atoms with Gasteiger partial charge in [0.15, 0.2) is 0 Å². The molecule has 2 N–H and O–H groups in total. The molecule has 1 saturated heterocycles.